The number of pyridine rings is 1. The highest BCUT2D eigenvalue weighted by Crippen LogP contribution is 2.23. The molecule has 0 atom stereocenters. The maximum Gasteiger partial charge on any atom is 0.221 e. The molecule has 3 aromatic rings. The number of hydrogen-bond acceptors (Lipinski definition) is 2. The summed E-state index contributed by atoms with van der Waals surface area (Å²) in [6.07, 6.45) is 1.71. The van der Waals surface area contributed by atoms with Crippen LogP contribution in [0.2, 0.25) is 0 Å². The summed E-state index contributed by atoms with van der Waals surface area (Å²) in [5, 5.41) is 1.13. The molecule has 0 unspecified atom stereocenters. The molecule has 0 amide bonds. The van der Waals surface area contributed by atoms with E-state index in [1.165, 1.54) is 0 Å². The van der Waals surface area contributed by atoms with Gasteiger partial charge in [0.1, 0.15) is 0 Å². The summed E-state index contributed by atoms with van der Waals surface area (Å²) < 4.78 is 5.60. The van der Waals surface area contributed by atoms with Crippen molar-refractivity contribution in [2.75, 3.05) is 0 Å². The maximum atomic E-state index is 5.60. The number of fused-ring (bicyclic) bond motifs is 1. The van der Waals surface area contributed by atoms with Crippen molar-refractivity contribution in [2.45, 2.75) is 0 Å². The van der Waals surface area contributed by atoms with Gasteiger partial charge in [-0.3, -0.25) is 0 Å². The van der Waals surface area contributed by atoms with Crippen LogP contribution >= 0.6 is 0 Å². The molecule has 2 heterocycles. The molecule has 3 rings (SSSR count). The summed E-state index contributed by atoms with van der Waals surface area (Å²) in [5.74, 6) is 1.30. The van der Waals surface area contributed by atoms with Crippen LogP contribution in [0.4, 0.5) is 0 Å². The fourth-order valence-corrected chi connectivity index (χ4v) is 1.62. The van der Waals surface area contributed by atoms with Crippen molar-refractivity contribution in [3.05, 3.63) is 54.7 Å². The van der Waals surface area contributed by atoms with Crippen molar-refractivity contribution in [3.63, 3.8) is 0 Å². The fourth-order valence-electron chi connectivity index (χ4n) is 1.62. The summed E-state index contributed by atoms with van der Waals surface area (Å²) >= 11 is 0. The smallest absolute Gasteiger partial charge is 0.221 e. The number of H-pyrrole nitrogens is 1. The minimum absolute atomic E-state index is 0.592. The minimum Gasteiger partial charge on any atom is -0.423 e. The molecule has 0 saturated heterocycles. The Kier molecular flexibility index (Phi) is 2.07. The van der Waals surface area contributed by atoms with Gasteiger partial charge in [0.05, 0.1) is 0 Å². The molecule has 16 heavy (non-hydrogen) atoms. The zero-order chi connectivity index (χ0) is 10.8. The van der Waals surface area contributed by atoms with Gasteiger partial charge in [0.25, 0.3) is 0 Å². The maximum absolute atomic E-state index is 5.60. The highest BCUT2D eigenvalue weighted by molar-refractivity contribution is 5.81. The molecule has 3 heteroatoms. The summed E-state index contributed by atoms with van der Waals surface area (Å²) in [6, 6.07) is 15.6. The average Bonchev–Trinajstić information content (AvgIpc) is 2.72. The Morgan fingerprint density at radius 2 is 1.88 bits per heavy atom. The molecule has 0 aliphatic carbocycles. The van der Waals surface area contributed by atoms with E-state index in [0.717, 1.165) is 10.9 Å². The van der Waals surface area contributed by atoms with E-state index in [9.17, 15) is 0 Å². The Balaban J connectivity index is 1.95. The van der Waals surface area contributed by atoms with Gasteiger partial charge in [0.2, 0.25) is 11.8 Å². The predicted molar refractivity (Wildman–Crippen MR) is 62.6 cm³/mol. The highest BCUT2D eigenvalue weighted by atomic mass is 16.5. The molecule has 0 aliphatic heterocycles. The lowest BCUT2D eigenvalue weighted by molar-refractivity contribution is 0.449. The molecule has 3 nitrogen and oxygen atoms in total. The highest BCUT2D eigenvalue weighted by Gasteiger charge is 2.01. The first kappa shape index (κ1) is 8.97. The van der Waals surface area contributed by atoms with Gasteiger partial charge in [-0.2, -0.15) is 0 Å². The van der Waals surface area contributed by atoms with Crippen molar-refractivity contribution in [2.24, 2.45) is 0 Å². The van der Waals surface area contributed by atoms with Gasteiger partial charge in [-0.1, -0.05) is 24.3 Å². The number of hydrogen-bond donors (Lipinski definition) is 1. The van der Waals surface area contributed by atoms with Gasteiger partial charge < -0.3 is 9.72 Å². The summed E-state index contributed by atoms with van der Waals surface area (Å²) in [4.78, 5) is 7.28. The lowest BCUT2D eigenvalue weighted by Crippen LogP contribution is -1.85. The quantitative estimate of drug-likeness (QED) is 0.704. The van der Waals surface area contributed by atoms with Crippen LogP contribution in [0, 0.1) is 0 Å². The first-order valence-electron chi connectivity index (χ1n) is 5.08. The average molecular weight is 210 g/mol. The van der Waals surface area contributed by atoms with Crippen LogP contribution in [0.3, 0.4) is 0 Å². The van der Waals surface area contributed by atoms with Gasteiger partial charge in [0.15, 0.2) is 0 Å². The number of aromatic amines is 1. The van der Waals surface area contributed by atoms with Crippen LogP contribution in [-0.4, -0.2) is 9.97 Å². The van der Waals surface area contributed by atoms with Crippen molar-refractivity contribution in [1.29, 1.82) is 0 Å². The Morgan fingerprint density at radius 1 is 1.00 bits per heavy atom. The fraction of sp³-hybridized carbons (Fsp3) is 0. The number of ether oxygens (including phenoxy) is 1. The van der Waals surface area contributed by atoms with Gasteiger partial charge >= 0.3 is 0 Å². The van der Waals surface area contributed by atoms with Crippen molar-refractivity contribution < 1.29 is 4.74 Å². The van der Waals surface area contributed by atoms with Crippen molar-refractivity contribution >= 4 is 10.9 Å². The van der Waals surface area contributed by atoms with E-state index in [2.05, 4.69) is 9.97 Å². The summed E-state index contributed by atoms with van der Waals surface area (Å²) in [7, 11) is 0. The lowest BCUT2D eigenvalue weighted by atomic mass is 10.3. The van der Waals surface area contributed by atoms with E-state index in [4.69, 9.17) is 4.74 Å². The van der Waals surface area contributed by atoms with E-state index < -0.39 is 0 Å². The first-order chi connectivity index (χ1) is 7.92. The van der Waals surface area contributed by atoms with Crippen LogP contribution in [0.25, 0.3) is 10.9 Å². The van der Waals surface area contributed by atoms with Crippen LogP contribution in [0.15, 0.2) is 54.7 Å². The zero-order valence-corrected chi connectivity index (χ0v) is 8.55. The second-order valence-electron chi connectivity index (χ2n) is 3.49. The number of nitrogens with zero attached hydrogens (tertiary/aromatic N) is 1. The molecular weight excluding hydrogens is 200 g/mol. The summed E-state index contributed by atoms with van der Waals surface area (Å²) in [6.45, 7) is 0. The van der Waals surface area contributed by atoms with E-state index in [0.29, 0.717) is 11.8 Å². The third-order valence-electron chi connectivity index (χ3n) is 2.36. The number of aromatic nitrogens is 2. The van der Waals surface area contributed by atoms with Gasteiger partial charge in [-0.15, -0.1) is 0 Å². The molecular formula is C13H10N2O. The van der Waals surface area contributed by atoms with Crippen molar-refractivity contribution in [1.82, 2.24) is 9.97 Å². The van der Waals surface area contributed by atoms with Crippen molar-refractivity contribution in [3.8, 4) is 11.8 Å². The zero-order valence-electron chi connectivity index (χ0n) is 8.55. The molecule has 0 spiro atoms. The standard InChI is InChI=1S/C13H10N2O/c1-2-6-11-10(5-1)9-13(15-11)16-12-7-3-4-8-14-12/h1-9,15H. The van der Waals surface area contributed by atoms with Gasteiger partial charge in [0, 0.05) is 29.2 Å². The second kappa shape index (κ2) is 3.70. The SMILES string of the molecule is c1ccc(Oc2cc3ccccc3[nH]2)nc1. The molecule has 1 aromatic carbocycles. The van der Waals surface area contributed by atoms with E-state index >= 15 is 0 Å². The van der Waals surface area contributed by atoms with Gasteiger partial charge in [-0.05, 0) is 12.1 Å². The van der Waals surface area contributed by atoms with Crippen LogP contribution in [0.1, 0.15) is 0 Å². The predicted octanol–water partition coefficient (Wildman–Crippen LogP) is 3.36. The largest absolute Gasteiger partial charge is 0.423 e. The Hall–Kier alpha value is -2.29. The van der Waals surface area contributed by atoms with Crippen LogP contribution in [0.5, 0.6) is 11.8 Å². The number of para-hydroxylation sites is 1. The number of benzene rings is 1. The van der Waals surface area contributed by atoms with Crippen LogP contribution < -0.4 is 4.74 Å². The first-order valence-corrected chi connectivity index (χ1v) is 5.08. The molecule has 0 fully saturated rings. The normalized spacial score (nSPS) is 10.5. The second-order valence-corrected chi connectivity index (χ2v) is 3.49. The Bertz CT molecular complexity index is 568. The molecule has 0 saturated carbocycles. The molecule has 78 valence electrons. The number of rotatable bonds is 2. The number of nitrogens with one attached hydrogen (secondary N) is 1. The summed E-state index contributed by atoms with van der Waals surface area (Å²) in [5.41, 5.74) is 1.06. The minimum atomic E-state index is 0.592. The van der Waals surface area contributed by atoms with Gasteiger partial charge in [-0.25, -0.2) is 4.98 Å². The van der Waals surface area contributed by atoms with E-state index in [-0.39, 0.29) is 0 Å². The molecule has 1 N–H and O–H groups in total. The molecule has 0 bridgehead atoms. The van der Waals surface area contributed by atoms with Crippen LogP contribution in [-0.2, 0) is 0 Å². The third-order valence-corrected chi connectivity index (χ3v) is 2.36. The van der Waals surface area contributed by atoms with E-state index in [1.54, 1.807) is 6.20 Å². The molecule has 0 radical (unpaired) electrons. The van der Waals surface area contributed by atoms with E-state index in [1.807, 2.05) is 48.5 Å². The third kappa shape index (κ3) is 1.63. The Labute approximate surface area is 92.7 Å². The Morgan fingerprint density at radius 3 is 2.69 bits per heavy atom. The molecule has 0 aliphatic rings. The topological polar surface area (TPSA) is 37.9 Å². The molecule has 2 aromatic heterocycles. The lowest BCUT2D eigenvalue weighted by Gasteiger charge is -1.99. The monoisotopic (exact) mass is 210 g/mol.